The number of aliphatic hydroxyl groups excluding tert-OH is 1. The Morgan fingerprint density at radius 3 is 2.92 bits per heavy atom. The van der Waals surface area contributed by atoms with Gasteiger partial charge in [0.2, 0.25) is 0 Å². The van der Waals surface area contributed by atoms with E-state index in [0.717, 1.165) is 10.0 Å². The first-order valence-electron chi connectivity index (χ1n) is 3.72. The van der Waals surface area contributed by atoms with Crippen molar-refractivity contribution in [2.24, 2.45) is 5.73 Å². The summed E-state index contributed by atoms with van der Waals surface area (Å²) in [7, 11) is 0. The Hall–Kier alpha value is -0.450. The third kappa shape index (κ3) is 2.55. The molecule has 66 valence electrons. The van der Waals surface area contributed by atoms with Crippen LogP contribution in [0.4, 0.5) is 0 Å². The zero-order valence-corrected chi connectivity index (χ0v) is 8.16. The molecule has 0 aliphatic rings. The minimum atomic E-state index is -0.500. The van der Waals surface area contributed by atoms with Crippen LogP contribution in [-0.2, 0) is 0 Å². The van der Waals surface area contributed by atoms with Crippen LogP contribution in [0, 0.1) is 0 Å². The standard InChI is InChI=1S/C8H11BrN2O/c9-7-3-6(4-11-5-7)8(12)1-2-10/h3-5,8,12H,1-2,10H2/t8-/m0/s1. The van der Waals surface area contributed by atoms with Gasteiger partial charge in [-0.1, -0.05) is 0 Å². The number of nitrogens with zero attached hydrogens (tertiary/aromatic N) is 1. The Balaban J connectivity index is 2.73. The van der Waals surface area contributed by atoms with E-state index < -0.39 is 6.10 Å². The van der Waals surface area contributed by atoms with Crippen molar-refractivity contribution in [1.29, 1.82) is 0 Å². The van der Waals surface area contributed by atoms with E-state index >= 15 is 0 Å². The van der Waals surface area contributed by atoms with E-state index in [4.69, 9.17) is 5.73 Å². The fraction of sp³-hybridized carbons (Fsp3) is 0.375. The number of hydrogen-bond donors (Lipinski definition) is 2. The van der Waals surface area contributed by atoms with Crippen LogP contribution in [0.15, 0.2) is 22.9 Å². The van der Waals surface area contributed by atoms with Crippen LogP contribution in [0.5, 0.6) is 0 Å². The van der Waals surface area contributed by atoms with Gasteiger partial charge in [-0.3, -0.25) is 4.98 Å². The van der Waals surface area contributed by atoms with Gasteiger partial charge in [-0.05, 0) is 40.5 Å². The molecule has 1 aromatic heterocycles. The van der Waals surface area contributed by atoms with Crippen LogP contribution in [0.1, 0.15) is 18.1 Å². The lowest BCUT2D eigenvalue weighted by Gasteiger charge is -2.08. The molecular weight excluding hydrogens is 220 g/mol. The summed E-state index contributed by atoms with van der Waals surface area (Å²) in [4.78, 5) is 3.94. The smallest absolute Gasteiger partial charge is 0.0817 e. The third-order valence-electron chi connectivity index (χ3n) is 1.55. The summed E-state index contributed by atoms with van der Waals surface area (Å²) in [5.41, 5.74) is 6.11. The summed E-state index contributed by atoms with van der Waals surface area (Å²) in [6.45, 7) is 0.480. The highest BCUT2D eigenvalue weighted by molar-refractivity contribution is 9.10. The molecule has 12 heavy (non-hydrogen) atoms. The highest BCUT2D eigenvalue weighted by Crippen LogP contribution is 2.18. The normalized spacial score (nSPS) is 12.9. The SMILES string of the molecule is NCC[C@H](O)c1cncc(Br)c1. The van der Waals surface area contributed by atoms with Crippen molar-refractivity contribution in [2.75, 3.05) is 6.54 Å². The molecule has 0 fully saturated rings. The Kier molecular flexibility index (Phi) is 3.65. The van der Waals surface area contributed by atoms with Gasteiger partial charge in [0.25, 0.3) is 0 Å². The molecule has 0 unspecified atom stereocenters. The topological polar surface area (TPSA) is 59.1 Å². The molecule has 3 nitrogen and oxygen atoms in total. The van der Waals surface area contributed by atoms with Crippen molar-refractivity contribution in [3.05, 3.63) is 28.5 Å². The molecule has 0 aromatic carbocycles. The Bertz CT molecular complexity index is 255. The van der Waals surface area contributed by atoms with Gasteiger partial charge in [0, 0.05) is 16.9 Å². The van der Waals surface area contributed by atoms with Crippen molar-refractivity contribution >= 4 is 15.9 Å². The minimum Gasteiger partial charge on any atom is -0.388 e. The Morgan fingerprint density at radius 1 is 1.58 bits per heavy atom. The van der Waals surface area contributed by atoms with Crippen molar-refractivity contribution in [2.45, 2.75) is 12.5 Å². The van der Waals surface area contributed by atoms with Gasteiger partial charge in [0.15, 0.2) is 0 Å². The van der Waals surface area contributed by atoms with E-state index in [0.29, 0.717) is 13.0 Å². The van der Waals surface area contributed by atoms with Crippen molar-refractivity contribution in [3.63, 3.8) is 0 Å². The van der Waals surface area contributed by atoms with Crippen LogP contribution in [-0.4, -0.2) is 16.6 Å². The summed E-state index contributed by atoms with van der Waals surface area (Å²) in [5.74, 6) is 0. The molecule has 0 bridgehead atoms. The van der Waals surface area contributed by atoms with Crippen LogP contribution in [0.25, 0.3) is 0 Å². The highest BCUT2D eigenvalue weighted by Gasteiger charge is 2.06. The largest absolute Gasteiger partial charge is 0.388 e. The lowest BCUT2D eigenvalue weighted by molar-refractivity contribution is 0.170. The molecular formula is C8H11BrN2O. The maximum Gasteiger partial charge on any atom is 0.0817 e. The third-order valence-corrected chi connectivity index (χ3v) is 1.98. The number of aromatic nitrogens is 1. The predicted molar refractivity (Wildman–Crippen MR) is 50.6 cm³/mol. The molecule has 0 amide bonds. The second-order valence-corrected chi connectivity index (χ2v) is 3.45. The van der Waals surface area contributed by atoms with Gasteiger partial charge in [-0.2, -0.15) is 0 Å². The maximum atomic E-state index is 9.50. The molecule has 0 aliphatic carbocycles. The molecule has 0 aliphatic heterocycles. The molecule has 1 aromatic rings. The second kappa shape index (κ2) is 4.54. The number of hydrogen-bond acceptors (Lipinski definition) is 3. The minimum absolute atomic E-state index is 0.480. The molecule has 4 heteroatoms. The van der Waals surface area contributed by atoms with Crippen LogP contribution >= 0.6 is 15.9 Å². The average Bonchev–Trinajstić information content (AvgIpc) is 2.05. The number of rotatable bonds is 3. The molecule has 0 radical (unpaired) electrons. The van der Waals surface area contributed by atoms with E-state index in [1.807, 2.05) is 6.07 Å². The fourth-order valence-electron chi connectivity index (χ4n) is 0.935. The molecule has 0 spiro atoms. The van der Waals surface area contributed by atoms with Gasteiger partial charge in [-0.25, -0.2) is 0 Å². The van der Waals surface area contributed by atoms with Crippen molar-refractivity contribution < 1.29 is 5.11 Å². The van der Waals surface area contributed by atoms with Crippen LogP contribution < -0.4 is 5.73 Å². The molecule has 0 saturated carbocycles. The number of aliphatic hydroxyl groups is 1. The quantitative estimate of drug-likeness (QED) is 0.822. The van der Waals surface area contributed by atoms with Gasteiger partial charge in [0.1, 0.15) is 0 Å². The summed E-state index contributed by atoms with van der Waals surface area (Å²) >= 11 is 3.28. The highest BCUT2D eigenvalue weighted by atomic mass is 79.9. The lowest BCUT2D eigenvalue weighted by Crippen LogP contribution is -2.06. The summed E-state index contributed by atoms with van der Waals surface area (Å²) < 4.78 is 0.871. The molecule has 1 heterocycles. The summed E-state index contributed by atoms with van der Waals surface area (Å²) in [6, 6.07) is 1.84. The molecule has 0 saturated heterocycles. The predicted octanol–water partition coefficient (Wildman–Crippen LogP) is 1.23. The van der Waals surface area contributed by atoms with Gasteiger partial charge < -0.3 is 10.8 Å². The Morgan fingerprint density at radius 2 is 2.33 bits per heavy atom. The van der Waals surface area contributed by atoms with Crippen molar-refractivity contribution in [1.82, 2.24) is 4.98 Å². The number of pyridine rings is 1. The van der Waals surface area contributed by atoms with E-state index in [9.17, 15) is 5.11 Å². The fourth-order valence-corrected chi connectivity index (χ4v) is 1.32. The van der Waals surface area contributed by atoms with E-state index in [1.54, 1.807) is 12.4 Å². The number of nitrogens with two attached hydrogens (primary N) is 1. The first-order valence-corrected chi connectivity index (χ1v) is 4.52. The average molecular weight is 231 g/mol. The van der Waals surface area contributed by atoms with E-state index in [1.165, 1.54) is 0 Å². The van der Waals surface area contributed by atoms with E-state index in [2.05, 4.69) is 20.9 Å². The first-order chi connectivity index (χ1) is 5.74. The molecule has 1 atom stereocenters. The van der Waals surface area contributed by atoms with Crippen LogP contribution in [0.2, 0.25) is 0 Å². The van der Waals surface area contributed by atoms with Crippen LogP contribution in [0.3, 0.4) is 0 Å². The molecule has 3 N–H and O–H groups in total. The molecule has 1 rings (SSSR count). The summed E-state index contributed by atoms with van der Waals surface area (Å²) in [5, 5.41) is 9.50. The van der Waals surface area contributed by atoms with Gasteiger partial charge >= 0.3 is 0 Å². The van der Waals surface area contributed by atoms with Crippen molar-refractivity contribution in [3.8, 4) is 0 Å². The van der Waals surface area contributed by atoms with Gasteiger partial charge in [0.05, 0.1) is 6.10 Å². The monoisotopic (exact) mass is 230 g/mol. The zero-order chi connectivity index (χ0) is 8.97. The maximum absolute atomic E-state index is 9.50. The first kappa shape index (κ1) is 9.64. The number of halogens is 1. The second-order valence-electron chi connectivity index (χ2n) is 2.53. The van der Waals surface area contributed by atoms with Gasteiger partial charge in [-0.15, -0.1) is 0 Å². The lowest BCUT2D eigenvalue weighted by atomic mass is 10.1. The summed E-state index contributed by atoms with van der Waals surface area (Å²) in [6.07, 6.45) is 3.39. The van der Waals surface area contributed by atoms with E-state index in [-0.39, 0.29) is 0 Å². The zero-order valence-electron chi connectivity index (χ0n) is 6.57. The Labute approximate surface area is 79.7 Å².